The van der Waals surface area contributed by atoms with Gasteiger partial charge in [0.15, 0.2) is 10.1 Å². The molecule has 0 amide bonds. The highest BCUT2D eigenvalue weighted by Crippen LogP contribution is 2.37. The lowest BCUT2D eigenvalue weighted by atomic mass is 10.2. The molecule has 2 aromatic carbocycles. The Balaban J connectivity index is 1.55. The first-order valence-corrected chi connectivity index (χ1v) is 11.2. The lowest BCUT2D eigenvalue weighted by Crippen LogP contribution is -2.40. The van der Waals surface area contributed by atoms with Gasteiger partial charge in [-0.2, -0.15) is 4.31 Å². The van der Waals surface area contributed by atoms with Gasteiger partial charge in [0, 0.05) is 18.7 Å². The van der Waals surface area contributed by atoms with E-state index in [4.69, 9.17) is 10.5 Å². The van der Waals surface area contributed by atoms with Crippen LogP contribution < -0.4 is 5.73 Å². The summed E-state index contributed by atoms with van der Waals surface area (Å²) in [6.45, 7) is 1.54. The van der Waals surface area contributed by atoms with Gasteiger partial charge in [-0.05, 0) is 24.3 Å². The maximum atomic E-state index is 12.7. The van der Waals surface area contributed by atoms with Crippen molar-refractivity contribution in [1.29, 1.82) is 0 Å². The molecule has 29 heavy (non-hydrogen) atoms. The standard InChI is InChI=1S/C19H19N5O3S2/c20-19-21-17(14-4-2-1-3-5-14)18(28-19)23-22-15-6-8-16(9-7-15)29(25,26)24-10-12-27-13-11-24/h1-9H,10-13H2,(H2,20,21). The van der Waals surface area contributed by atoms with E-state index < -0.39 is 10.0 Å². The summed E-state index contributed by atoms with van der Waals surface area (Å²) in [6, 6.07) is 16.0. The molecular weight excluding hydrogens is 410 g/mol. The summed E-state index contributed by atoms with van der Waals surface area (Å²) in [5.74, 6) is 0. The molecule has 0 saturated carbocycles. The normalized spacial score (nSPS) is 15.7. The average molecular weight is 430 g/mol. The van der Waals surface area contributed by atoms with Crippen LogP contribution in [0.2, 0.25) is 0 Å². The number of hydrogen-bond donors (Lipinski definition) is 1. The maximum Gasteiger partial charge on any atom is 0.243 e. The monoisotopic (exact) mass is 429 g/mol. The van der Waals surface area contributed by atoms with Crippen LogP contribution in [-0.4, -0.2) is 44.0 Å². The molecule has 2 N–H and O–H groups in total. The van der Waals surface area contributed by atoms with Gasteiger partial charge in [-0.1, -0.05) is 41.7 Å². The smallest absolute Gasteiger partial charge is 0.243 e. The van der Waals surface area contributed by atoms with Crippen molar-refractivity contribution in [3.05, 3.63) is 54.6 Å². The molecule has 0 radical (unpaired) electrons. The number of azo groups is 1. The first-order valence-electron chi connectivity index (χ1n) is 8.95. The Morgan fingerprint density at radius 1 is 1.00 bits per heavy atom. The zero-order valence-corrected chi connectivity index (χ0v) is 17.1. The zero-order chi connectivity index (χ0) is 20.3. The molecule has 2 heterocycles. The van der Waals surface area contributed by atoms with E-state index in [1.807, 2.05) is 30.3 Å². The van der Waals surface area contributed by atoms with Gasteiger partial charge in [0.05, 0.1) is 23.8 Å². The number of ether oxygens (including phenoxy) is 1. The Hall–Kier alpha value is -2.66. The van der Waals surface area contributed by atoms with Gasteiger partial charge < -0.3 is 10.5 Å². The van der Waals surface area contributed by atoms with Crippen LogP contribution in [0.3, 0.4) is 0 Å². The number of hydrogen-bond acceptors (Lipinski definition) is 8. The first-order chi connectivity index (χ1) is 14.0. The molecule has 1 aliphatic heterocycles. The Bertz CT molecular complexity index is 1110. The summed E-state index contributed by atoms with van der Waals surface area (Å²) in [6.07, 6.45) is 0. The molecule has 0 spiro atoms. The van der Waals surface area contributed by atoms with Gasteiger partial charge >= 0.3 is 0 Å². The second-order valence-corrected chi connectivity index (χ2v) is 9.23. The number of rotatable bonds is 5. The fraction of sp³-hybridized carbons (Fsp3) is 0.211. The van der Waals surface area contributed by atoms with E-state index in [0.29, 0.717) is 47.8 Å². The molecule has 1 aliphatic rings. The molecule has 10 heteroatoms. The van der Waals surface area contributed by atoms with Crippen LogP contribution in [0.25, 0.3) is 11.3 Å². The maximum absolute atomic E-state index is 12.7. The van der Waals surface area contributed by atoms with Crippen LogP contribution in [0.1, 0.15) is 0 Å². The van der Waals surface area contributed by atoms with E-state index in [1.165, 1.54) is 27.8 Å². The number of anilines is 1. The molecule has 8 nitrogen and oxygen atoms in total. The van der Waals surface area contributed by atoms with Crippen LogP contribution in [0.5, 0.6) is 0 Å². The Kier molecular flexibility index (Phi) is 5.67. The topological polar surface area (TPSA) is 110 Å². The van der Waals surface area contributed by atoms with E-state index in [1.54, 1.807) is 12.1 Å². The van der Waals surface area contributed by atoms with Gasteiger partial charge in [-0.25, -0.2) is 13.4 Å². The largest absolute Gasteiger partial charge is 0.379 e. The second kappa shape index (κ2) is 8.37. The third-order valence-corrected chi connectivity index (χ3v) is 7.06. The van der Waals surface area contributed by atoms with Crippen molar-refractivity contribution in [2.45, 2.75) is 4.90 Å². The molecule has 1 fully saturated rings. The van der Waals surface area contributed by atoms with Crippen LogP contribution >= 0.6 is 11.3 Å². The SMILES string of the molecule is Nc1nc(-c2ccccc2)c(N=Nc2ccc(S(=O)(=O)N3CCOCC3)cc2)s1. The average Bonchev–Trinajstić information content (AvgIpc) is 3.14. The quantitative estimate of drug-likeness (QED) is 0.620. The van der Waals surface area contributed by atoms with Gasteiger partial charge in [0.25, 0.3) is 0 Å². The van der Waals surface area contributed by atoms with Gasteiger partial charge in [-0.3, -0.25) is 0 Å². The van der Waals surface area contributed by atoms with E-state index in [2.05, 4.69) is 15.2 Å². The zero-order valence-electron chi connectivity index (χ0n) is 15.4. The third kappa shape index (κ3) is 4.35. The highest BCUT2D eigenvalue weighted by atomic mass is 32.2. The summed E-state index contributed by atoms with van der Waals surface area (Å²) in [7, 11) is -3.53. The number of nitrogen functional groups attached to an aromatic ring is 1. The van der Waals surface area contributed by atoms with Crippen molar-refractivity contribution in [2.75, 3.05) is 32.0 Å². The van der Waals surface area contributed by atoms with Crippen LogP contribution in [0, 0.1) is 0 Å². The summed E-state index contributed by atoms with van der Waals surface area (Å²) in [5, 5.41) is 9.51. The highest BCUT2D eigenvalue weighted by molar-refractivity contribution is 7.89. The molecule has 150 valence electrons. The molecule has 1 aromatic heterocycles. The summed E-state index contributed by atoms with van der Waals surface area (Å²) in [5.41, 5.74) is 7.96. The number of nitrogens with two attached hydrogens (primary N) is 1. The highest BCUT2D eigenvalue weighted by Gasteiger charge is 2.26. The molecule has 0 bridgehead atoms. The number of sulfonamides is 1. The number of benzene rings is 2. The van der Waals surface area contributed by atoms with Crippen molar-refractivity contribution in [2.24, 2.45) is 10.2 Å². The molecule has 0 atom stereocenters. The second-order valence-electron chi connectivity index (χ2n) is 6.28. The molecule has 0 unspecified atom stereocenters. The van der Waals surface area contributed by atoms with Gasteiger partial charge in [0.1, 0.15) is 5.69 Å². The van der Waals surface area contributed by atoms with E-state index in [-0.39, 0.29) is 4.90 Å². The van der Waals surface area contributed by atoms with Crippen molar-refractivity contribution in [3.63, 3.8) is 0 Å². The van der Waals surface area contributed by atoms with Crippen molar-refractivity contribution >= 4 is 37.2 Å². The number of morpholine rings is 1. The fourth-order valence-electron chi connectivity index (χ4n) is 2.90. The summed E-state index contributed by atoms with van der Waals surface area (Å²) < 4.78 is 32.0. The van der Waals surface area contributed by atoms with E-state index >= 15 is 0 Å². The molecule has 3 aromatic rings. The fourth-order valence-corrected chi connectivity index (χ4v) is 4.99. The Morgan fingerprint density at radius 2 is 1.69 bits per heavy atom. The number of nitrogens with zero attached hydrogens (tertiary/aromatic N) is 4. The van der Waals surface area contributed by atoms with Crippen molar-refractivity contribution in [1.82, 2.24) is 9.29 Å². The lowest BCUT2D eigenvalue weighted by Gasteiger charge is -2.25. The molecule has 1 saturated heterocycles. The van der Waals surface area contributed by atoms with Gasteiger partial charge in [0.2, 0.25) is 10.0 Å². The van der Waals surface area contributed by atoms with Crippen molar-refractivity contribution < 1.29 is 13.2 Å². The van der Waals surface area contributed by atoms with Crippen LogP contribution in [0.15, 0.2) is 69.7 Å². The minimum atomic E-state index is -3.53. The minimum Gasteiger partial charge on any atom is -0.379 e. The predicted octanol–water partition coefficient (Wildman–Crippen LogP) is 3.83. The molecular formula is C19H19N5O3S2. The lowest BCUT2D eigenvalue weighted by molar-refractivity contribution is 0.0730. The number of aromatic nitrogens is 1. The third-order valence-electron chi connectivity index (χ3n) is 4.37. The van der Waals surface area contributed by atoms with Gasteiger partial charge in [-0.15, -0.1) is 10.2 Å². The summed E-state index contributed by atoms with van der Waals surface area (Å²) >= 11 is 1.25. The van der Waals surface area contributed by atoms with Crippen LogP contribution in [-0.2, 0) is 14.8 Å². The molecule has 4 rings (SSSR count). The Morgan fingerprint density at radius 3 is 2.38 bits per heavy atom. The first kappa shape index (κ1) is 19.6. The van der Waals surface area contributed by atoms with Crippen LogP contribution in [0.4, 0.5) is 15.8 Å². The number of thiazole rings is 1. The minimum absolute atomic E-state index is 0.227. The van der Waals surface area contributed by atoms with Crippen molar-refractivity contribution in [3.8, 4) is 11.3 Å². The Labute approximate surface area is 172 Å². The summed E-state index contributed by atoms with van der Waals surface area (Å²) in [4.78, 5) is 4.57. The predicted molar refractivity (Wildman–Crippen MR) is 112 cm³/mol. The van der Waals surface area contributed by atoms with E-state index in [9.17, 15) is 8.42 Å². The molecule has 0 aliphatic carbocycles. The van der Waals surface area contributed by atoms with E-state index in [0.717, 1.165) is 5.56 Å².